The van der Waals surface area contributed by atoms with Crippen molar-refractivity contribution in [1.29, 1.82) is 0 Å². The summed E-state index contributed by atoms with van der Waals surface area (Å²) in [4.78, 5) is 16.5. The fourth-order valence-corrected chi connectivity index (χ4v) is 4.96. The van der Waals surface area contributed by atoms with Gasteiger partial charge in [-0.3, -0.25) is 14.3 Å². The zero-order chi connectivity index (χ0) is 27.4. The van der Waals surface area contributed by atoms with Crippen LogP contribution in [0.15, 0.2) is 49.1 Å². The van der Waals surface area contributed by atoms with Crippen LogP contribution in [-0.4, -0.2) is 62.6 Å². The van der Waals surface area contributed by atoms with E-state index in [0.29, 0.717) is 22.2 Å². The smallest absolute Gasteiger partial charge is 0.240 e. The average molecular weight is 563 g/mol. The van der Waals surface area contributed by atoms with E-state index in [0.717, 1.165) is 6.20 Å². The fourth-order valence-electron chi connectivity index (χ4n) is 3.72. The largest absolute Gasteiger partial charge is 0.481 e. The Bertz CT molecular complexity index is 1520. The maximum atomic E-state index is 14.0. The highest BCUT2D eigenvalue weighted by Crippen LogP contribution is 2.31. The number of sulfonamides is 1. The van der Waals surface area contributed by atoms with Gasteiger partial charge in [0.1, 0.15) is 22.9 Å². The van der Waals surface area contributed by atoms with Crippen LogP contribution in [-0.2, 0) is 14.8 Å². The van der Waals surface area contributed by atoms with Gasteiger partial charge in [-0.25, -0.2) is 27.8 Å². The van der Waals surface area contributed by atoms with Gasteiger partial charge in [-0.15, -0.1) is 10.2 Å². The molecule has 0 radical (unpaired) electrons. The second-order valence-corrected chi connectivity index (χ2v) is 10.6. The molecule has 12 nitrogen and oxygen atoms in total. The molecule has 1 N–H and O–H groups in total. The number of hydrogen-bond donors (Lipinski definition) is 1. The Kier molecular flexibility index (Phi) is 8.14. The average Bonchev–Trinajstić information content (AvgIpc) is 3.32. The molecule has 0 aliphatic heterocycles. The summed E-state index contributed by atoms with van der Waals surface area (Å²) in [6, 6.07) is 5.66. The Balaban J connectivity index is 1.76. The lowest BCUT2D eigenvalue weighted by atomic mass is 10.1. The van der Waals surface area contributed by atoms with Crippen LogP contribution in [0.4, 0.5) is 10.3 Å². The molecule has 0 fully saturated rings. The predicted octanol–water partition coefficient (Wildman–Crippen LogP) is 3.45. The molecule has 15 heteroatoms. The number of nitrogens with one attached hydrogen (secondary N) is 1. The first-order valence-electron chi connectivity index (χ1n) is 11.2. The standard InChI is InChI=1S/C23H24ClFN8O4S/c1-13(15-8-17(25)12-26-9-15)33-22(18-6-5-7-19(29-18)36-3)30-31-23(33)32-38(34,35)14(2)20(37-4)21-27-10-16(24)11-28-21/h5-14,20H,1-4H3,(H,31,32)/t13-,14+,20+/m1/s1. The van der Waals surface area contributed by atoms with Crippen LogP contribution in [0.25, 0.3) is 11.5 Å². The lowest BCUT2D eigenvalue weighted by Gasteiger charge is -2.23. The van der Waals surface area contributed by atoms with Crippen LogP contribution < -0.4 is 9.46 Å². The van der Waals surface area contributed by atoms with Crippen molar-refractivity contribution in [3.63, 3.8) is 0 Å². The van der Waals surface area contributed by atoms with Crippen LogP contribution in [0.1, 0.15) is 37.4 Å². The molecule has 0 spiro atoms. The van der Waals surface area contributed by atoms with Crippen LogP contribution in [0.3, 0.4) is 0 Å². The summed E-state index contributed by atoms with van der Waals surface area (Å²) in [5, 5.41) is 7.42. The Labute approximate surface area is 223 Å². The van der Waals surface area contributed by atoms with E-state index in [-0.39, 0.29) is 17.6 Å². The van der Waals surface area contributed by atoms with E-state index in [2.05, 4.69) is 34.9 Å². The molecule has 0 unspecified atom stereocenters. The molecule has 0 aromatic carbocycles. The molecule has 0 aliphatic carbocycles. The minimum absolute atomic E-state index is 0.125. The van der Waals surface area contributed by atoms with Crippen molar-refractivity contribution in [3.05, 3.63) is 71.3 Å². The number of rotatable bonds is 10. The Morgan fingerprint density at radius 1 is 1.08 bits per heavy atom. The molecule has 0 aliphatic rings. The third-order valence-corrected chi connectivity index (χ3v) is 7.64. The Morgan fingerprint density at radius 3 is 2.47 bits per heavy atom. The molecular weight excluding hydrogens is 539 g/mol. The third kappa shape index (κ3) is 5.71. The highest BCUT2D eigenvalue weighted by atomic mass is 35.5. The first-order chi connectivity index (χ1) is 18.1. The van der Waals surface area contributed by atoms with Crippen LogP contribution in [0.2, 0.25) is 5.02 Å². The van der Waals surface area contributed by atoms with E-state index in [1.54, 1.807) is 25.1 Å². The molecule has 4 aromatic rings. The van der Waals surface area contributed by atoms with Crippen LogP contribution >= 0.6 is 11.6 Å². The van der Waals surface area contributed by atoms with Gasteiger partial charge in [0.25, 0.3) is 0 Å². The lowest BCUT2D eigenvalue weighted by Crippen LogP contribution is -2.33. The van der Waals surface area contributed by atoms with Gasteiger partial charge in [-0.1, -0.05) is 17.7 Å². The molecule has 38 heavy (non-hydrogen) atoms. The zero-order valence-electron chi connectivity index (χ0n) is 20.8. The minimum atomic E-state index is -4.16. The van der Waals surface area contributed by atoms with E-state index < -0.39 is 33.2 Å². The topological polar surface area (TPSA) is 147 Å². The van der Waals surface area contributed by atoms with Gasteiger partial charge >= 0.3 is 0 Å². The molecule has 0 saturated carbocycles. The summed E-state index contributed by atoms with van der Waals surface area (Å²) < 4.78 is 55.6. The van der Waals surface area contributed by atoms with Gasteiger partial charge in [0.05, 0.1) is 24.4 Å². The van der Waals surface area contributed by atoms with E-state index in [1.165, 1.54) is 50.4 Å². The zero-order valence-corrected chi connectivity index (χ0v) is 22.4. The van der Waals surface area contributed by atoms with Gasteiger partial charge < -0.3 is 9.47 Å². The normalized spacial score (nSPS) is 14.1. The first-order valence-corrected chi connectivity index (χ1v) is 13.2. The Morgan fingerprint density at radius 2 is 1.82 bits per heavy atom. The van der Waals surface area contributed by atoms with Gasteiger partial charge in [0.15, 0.2) is 11.6 Å². The van der Waals surface area contributed by atoms with E-state index in [4.69, 9.17) is 21.1 Å². The molecule has 3 atom stereocenters. The summed E-state index contributed by atoms with van der Waals surface area (Å²) in [5.41, 5.74) is 0.808. The van der Waals surface area contributed by atoms with Crippen molar-refractivity contribution in [1.82, 2.24) is 34.7 Å². The number of methoxy groups -OCH3 is 2. The predicted molar refractivity (Wildman–Crippen MR) is 137 cm³/mol. The van der Waals surface area contributed by atoms with Crippen molar-refractivity contribution in [3.8, 4) is 17.4 Å². The maximum Gasteiger partial charge on any atom is 0.240 e. The van der Waals surface area contributed by atoms with Crippen LogP contribution in [0, 0.1) is 5.82 Å². The van der Waals surface area contributed by atoms with Crippen molar-refractivity contribution in [2.75, 3.05) is 18.9 Å². The molecule has 0 bridgehead atoms. The molecule has 200 valence electrons. The first kappa shape index (κ1) is 27.3. The van der Waals surface area contributed by atoms with Gasteiger partial charge in [-0.05, 0) is 31.5 Å². The quantitative estimate of drug-likeness (QED) is 0.305. The number of pyridine rings is 2. The molecule has 0 amide bonds. The summed E-state index contributed by atoms with van der Waals surface area (Å²) >= 11 is 5.86. The number of hydrogen-bond acceptors (Lipinski definition) is 10. The van der Waals surface area contributed by atoms with Crippen molar-refractivity contribution in [2.24, 2.45) is 0 Å². The monoisotopic (exact) mass is 562 g/mol. The van der Waals surface area contributed by atoms with Gasteiger partial charge in [0, 0.05) is 31.8 Å². The summed E-state index contributed by atoms with van der Waals surface area (Å²) in [5.74, 6) is -0.00363. The summed E-state index contributed by atoms with van der Waals surface area (Å²) in [6.45, 7) is 3.17. The maximum absolute atomic E-state index is 14.0. The van der Waals surface area contributed by atoms with E-state index >= 15 is 0 Å². The van der Waals surface area contributed by atoms with Gasteiger partial charge in [-0.2, -0.15) is 0 Å². The number of aromatic nitrogens is 7. The molecule has 4 rings (SSSR count). The minimum Gasteiger partial charge on any atom is -0.481 e. The van der Waals surface area contributed by atoms with Gasteiger partial charge in [0.2, 0.25) is 21.9 Å². The number of halogens is 2. The summed E-state index contributed by atoms with van der Waals surface area (Å²) in [6.07, 6.45) is 4.21. The number of anilines is 1. The second kappa shape index (κ2) is 11.3. The molecular formula is C23H24ClFN8O4S. The molecule has 4 aromatic heterocycles. The lowest BCUT2D eigenvalue weighted by molar-refractivity contribution is 0.0950. The SMILES string of the molecule is COc1cccc(-c2nnc(NS(=O)(=O)[C@@H](C)[C@H](OC)c3ncc(Cl)cn3)n2[C@H](C)c2cncc(F)c2)n1. The van der Waals surface area contributed by atoms with Crippen molar-refractivity contribution < 1.29 is 22.3 Å². The number of nitrogens with zero attached hydrogens (tertiary/aromatic N) is 7. The number of ether oxygens (including phenoxy) is 2. The highest BCUT2D eigenvalue weighted by Gasteiger charge is 2.35. The van der Waals surface area contributed by atoms with E-state index in [1.807, 2.05) is 0 Å². The second-order valence-electron chi connectivity index (χ2n) is 8.16. The molecule has 0 saturated heterocycles. The van der Waals surface area contributed by atoms with Crippen molar-refractivity contribution in [2.45, 2.75) is 31.2 Å². The third-order valence-electron chi connectivity index (χ3n) is 5.75. The fraction of sp³-hybridized carbons (Fsp3) is 0.304. The Hall–Kier alpha value is -3.75. The van der Waals surface area contributed by atoms with Crippen molar-refractivity contribution >= 4 is 27.6 Å². The highest BCUT2D eigenvalue weighted by molar-refractivity contribution is 7.93. The molecule has 4 heterocycles. The van der Waals surface area contributed by atoms with E-state index in [9.17, 15) is 12.8 Å². The van der Waals surface area contributed by atoms with Crippen LogP contribution in [0.5, 0.6) is 5.88 Å². The summed E-state index contributed by atoms with van der Waals surface area (Å²) in [7, 11) is -1.34.